The second-order valence-corrected chi connectivity index (χ2v) is 7.18. The van der Waals surface area contributed by atoms with Crippen LogP contribution in [0.15, 0.2) is 64.1 Å². The maximum absolute atomic E-state index is 12.9. The minimum atomic E-state index is -0.903. The number of amides is 3. The normalized spacial score (nSPS) is 10.7. The first kappa shape index (κ1) is 23.0. The molecular weight excluding hydrogens is 462 g/mol. The number of nitrogens with zero attached hydrogens (tertiary/aromatic N) is 1. The van der Waals surface area contributed by atoms with E-state index in [9.17, 15) is 18.8 Å². The summed E-state index contributed by atoms with van der Waals surface area (Å²) in [6, 6.07) is 12.5. The molecule has 0 fully saturated rings. The van der Waals surface area contributed by atoms with E-state index in [2.05, 4.69) is 21.2 Å². The summed E-state index contributed by atoms with van der Waals surface area (Å²) < 4.78 is 18.3. The molecule has 0 radical (unpaired) electrons. The van der Waals surface area contributed by atoms with Gasteiger partial charge >= 0.3 is 11.8 Å². The number of anilines is 1. The molecule has 0 unspecified atom stereocenters. The molecular formula is C21H15Cl2FN4O4. The number of carbonyl (C=O) groups is 3. The zero-order valence-electron chi connectivity index (χ0n) is 16.2. The molecule has 3 amide bonds. The van der Waals surface area contributed by atoms with Gasteiger partial charge in [0.2, 0.25) is 0 Å². The number of hydrogen-bond donors (Lipinski definition) is 3. The van der Waals surface area contributed by atoms with E-state index in [1.165, 1.54) is 36.5 Å². The third kappa shape index (κ3) is 6.66. The van der Waals surface area contributed by atoms with Gasteiger partial charge in [0.1, 0.15) is 17.3 Å². The van der Waals surface area contributed by atoms with Gasteiger partial charge in [-0.2, -0.15) is 5.10 Å². The maximum atomic E-state index is 12.9. The van der Waals surface area contributed by atoms with Gasteiger partial charge in [0.25, 0.3) is 5.91 Å². The predicted octanol–water partition coefficient (Wildman–Crippen LogP) is 3.74. The van der Waals surface area contributed by atoms with Gasteiger partial charge in [-0.3, -0.25) is 14.4 Å². The lowest BCUT2D eigenvalue weighted by Gasteiger charge is -2.06. The van der Waals surface area contributed by atoms with Crippen molar-refractivity contribution in [1.82, 2.24) is 10.7 Å². The van der Waals surface area contributed by atoms with Crippen LogP contribution in [-0.4, -0.2) is 23.9 Å². The van der Waals surface area contributed by atoms with E-state index in [1.807, 2.05) is 0 Å². The Balaban J connectivity index is 1.47. The summed E-state index contributed by atoms with van der Waals surface area (Å²) in [7, 11) is 0. The summed E-state index contributed by atoms with van der Waals surface area (Å²) in [6.07, 6.45) is 1.25. The lowest BCUT2D eigenvalue weighted by atomic mass is 10.2. The fourth-order valence-corrected chi connectivity index (χ4v) is 2.97. The molecule has 3 aromatic rings. The molecule has 0 spiro atoms. The molecule has 0 bridgehead atoms. The fraction of sp³-hybridized carbons (Fsp3) is 0.0476. The molecule has 2 aromatic carbocycles. The first-order valence-electron chi connectivity index (χ1n) is 9.03. The van der Waals surface area contributed by atoms with Crippen LogP contribution < -0.4 is 16.1 Å². The lowest BCUT2D eigenvalue weighted by molar-refractivity contribution is -0.136. The van der Waals surface area contributed by atoms with E-state index < -0.39 is 23.5 Å². The second-order valence-electron chi connectivity index (χ2n) is 6.31. The summed E-state index contributed by atoms with van der Waals surface area (Å²) in [6.45, 7) is -0.0572. The summed E-state index contributed by atoms with van der Waals surface area (Å²) in [5, 5.41) is 9.17. The molecule has 11 heteroatoms. The van der Waals surface area contributed by atoms with Crippen molar-refractivity contribution in [2.24, 2.45) is 5.10 Å². The number of hydrazone groups is 1. The highest BCUT2D eigenvalue weighted by molar-refractivity contribution is 6.40. The average molecular weight is 477 g/mol. The molecule has 3 N–H and O–H groups in total. The molecule has 1 heterocycles. The number of nitrogens with one attached hydrogen (secondary N) is 3. The maximum Gasteiger partial charge on any atom is 0.313 e. The Kier molecular flexibility index (Phi) is 7.58. The number of halogens is 3. The zero-order valence-corrected chi connectivity index (χ0v) is 17.7. The van der Waals surface area contributed by atoms with Crippen molar-refractivity contribution in [3.63, 3.8) is 0 Å². The Labute approximate surface area is 191 Å². The summed E-state index contributed by atoms with van der Waals surface area (Å²) >= 11 is 11.7. The largest absolute Gasteiger partial charge is 0.458 e. The molecule has 0 aliphatic rings. The first-order valence-corrected chi connectivity index (χ1v) is 9.79. The van der Waals surface area contributed by atoms with Crippen LogP contribution in [0.1, 0.15) is 21.9 Å². The van der Waals surface area contributed by atoms with Gasteiger partial charge in [-0.15, -0.1) is 0 Å². The van der Waals surface area contributed by atoms with E-state index in [-0.39, 0.29) is 17.8 Å². The van der Waals surface area contributed by atoms with E-state index >= 15 is 0 Å². The van der Waals surface area contributed by atoms with Crippen molar-refractivity contribution in [3.05, 3.63) is 87.5 Å². The van der Waals surface area contributed by atoms with Gasteiger partial charge in [-0.1, -0.05) is 23.2 Å². The Hall–Kier alpha value is -3.69. The smallest absolute Gasteiger partial charge is 0.313 e. The van der Waals surface area contributed by atoms with Crippen LogP contribution in [0.2, 0.25) is 10.0 Å². The topological polar surface area (TPSA) is 113 Å². The molecule has 0 saturated heterocycles. The van der Waals surface area contributed by atoms with E-state index in [4.69, 9.17) is 27.6 Å². The van der Waals surface area contributed by atoms with Crippen LogP contribution in [0, 0.1) is 5.82 Å². The van der Waals surface area contributed by atoms with Gasteiger partial charge in [0, 0.05) is 21.3 Å². The predicted molar refractivity (Wildman–Crippen MR) is 117 cm³/mol. The van der Waals surface area contributed by atoms with Crippen LogP contribution in [0.25, 0.3) is 0 Å². The molecule has 0 atom stereocenters. The minimum absolute atomic E-state index is 0.0572. The van der Waals surface area contributed by atoms with Crippen LogP contribution in [-0.2, 0) is 16.1 Å². The van der Waals surface area contributed by atoms with E-state index in [0.29, 0.717) is 21.6 Å². The van der Waals surface area contributed by atoms with Crippen molar-refractivity contribution in [2.75, 3.05) is 5.32 Å². The molecule has 3 rings (SSSR count). The molecule has 0 aliphatic carbocycles. The standard InChI is InChI=1S/C21H15Cl2FN4O4/c22-13-7-14(23)9-16(8-13)27-21(31)20(30)25-10-17-5-6-18(32-17)11-26-28-19(29)12-1-3-15(24)4-2-12/h1-9,11H,10H2,(H,25,30)(H,27,31)(H,28,29)/b26-11-. The number of rotatable bonds is 6. The van der Waals surface area contributed by atoms with Crippen molar-refractivity contribution in [3.8, 4) is 0 Å². The average Bonchev–Trinajstić information content (AvgIpc) is 3.19. The van der Waals surface area contributed by atoms with Gasteiger partial charge in [0.05, 0.1) is 12.8 Å². The fourth-order valence-electron chi connectivity index (χ4n) is 2.44. The summed E-state index contributed by atoms with van der Waals surface area (Å²) in [5.74, 6) is -2.12. The Morgan fingerprint density at radius 2 is 1.66 bits per heavy atom. The SMILES string of the molecule is O=C(NCc1ccc(/C=N\NC(=O)c2ccc(F)cc2)o1)C(=O)Nc1cc(Cl)cc(Cl)c1. The highest BCUT2D eigenvalue weighted by atomic mass is 35.5. The number of furan rings is 1. The molecule has 0 aliphatic heterocycles. The van der Waals surface area contributed by atoms with E-state index in [0.717, 1.165) is 12.1 Å². The van der Waals surface area contributed by atoms with Crippen molar-refractivity contribution < 1.29 is 23.2 Å². The summed E-state index contributed by atoms with van der Waals surface area (Å²) in [4.78, 5) is 35.8. The summed E-state index contributed by atoms with van der Waals surface area (Å²) in [5.41, 5.74) is 2.80. The lowest BCUT2D eigenvalue weighted by Crippen LogP contribution is -2.34. The van der Waals surface area contributed by atoms with Crippen molar-refractivity contribution >= 4 is 52.8 Å². The highest BCUT2D eigenvalue weighted by Crippen LogP contribution is 2.22. The monoisotopic (exact) mass is 476 g/mol. The van der Waals surface area contributed by atoms with Crippen molar-refractivity contribution in [2.45, 2.75) is 6.54 Å². The number of carbonyl (C=O) groups excluding carboxylic acids is 3. The van der Waals surface area contributed by atoms with Crippen LogP contribution in [0.5, 0.6) is 0 Å². The van der Waals surface area contributed by atoms with Crippen molar-refractivity contribution in [1.29, 1.82) is 0 Å². The van der Waals surface area contributed by atoms with E-state index in [1.54, 1.807) is 12.1 Å². The number of hydrogen-bond acceptors (Lipinski definition) is 5. The molecule has 0 saturated carbocycles. The van der Waals surface area contributed by atoms with Gasteiger partial charge in [-0.25, -0.2) is 9.82 Å². The minimum Gasteiger partial charge on any atom is -0.458 e. The first-order chi connectivity index (χ1) is 15.3. The molecule has 8 nitrogen and oxygen atoms in total. The van der Waals surface area contributed by atoms with Crippen LogP contribution in [0.3, 0.4) is 0 Å². The molecule has 1 aromatic heterocycles. The van der Waals surface area contributed by atoms with Gasteiger partial charge < -0.3 is 15.1 Å². The third-order valence-corrected chi connectivity index (χ3v) is 4.33. The molecule has 32 heavy (non-hydrogen) atoms. The zero-order chi connectivity index (χ0) is 23.1. The quantitative estimate of drug-likeness (QED) is 0.285. The highest BCUT2D eigenvalue weighted by Gasteiger charge is 2.15. The van der Waals surface area contributed by atoms with Gasteiger partial charge in [0.15, 0.2) is 0 Å². The van der Waals surface area contributed by atoms with Gasteiger partial charge in [-0.05, 0) is 54.6 Å². The van der Waals surface area contributed by atoms with Crippen LogP contribution in [0.4, 0.5) is 10.1 Å². The third-order valence-electron chi connectivity index (χ3n) is 3.90. The molecule has 164 valence electrons. The number of benzene rings is 2. The Morgan fingerprint density at radius 1 is 0.969 bits per heavy atom. The second kappa shape index (κ2) is 10.6. The Morgan fingerprint density at radius 3 is 2.34 bits per heavy atom. The Bertz CT molecular complexity index is 1160. The van der Waals surface area contributed by atoms with Crippen LogP contribution >= 0.6 is 23.2 Å².